The zero-order valence-corrected chi connectivity index (χ0v) is 18.9. The Bertz CT molecular complexity index is 1540. The third-order valence-corrected chi connectivity index (χ3v) is 6.08. The van der Waals surface area contributed by atoms with Gasteiger partial charge >= 0.3 is 5.95 Å². The van der Waals surface area contributed by atoms with E-state index in [1.54, 1.807) is 0 Å². The number of pyridine rings is 1. The fourth-order valence-corrected chi connectivity index (χ4v) is 4.37. The maximum absolute atomic E-state index is 6.14. The van der Waals surface area contributed by atoms with Crippen molar-refractivity contribution >= 4 is 50.5 Å². The Morgan fingerprint density at radius 3 is 2.18 bits per heavy atom. The normalized spacial score (nSPS) is 11.2. The molecule has 5 aromatic rings. The van der Waals surface area contributed by atoms with Gasteiger partial charge in [-0.3, -0.25) is 5.32 Å². The van der Waals surface area contributed by atoms with E-state index < -0.39 is 0 Å². The number of aryl methyl sites for hydroxylation is 2. The molecule has 0 aliphatic rings. The Labute approximate surface area is 192 Å². The van der Waals surface area contributed by atoms with Crippen LogP contribution in [0.5, 0.6) is 0 Å². The van der Waals surface area contributed by atoms with Gasteiger partial charge in [0.05, 0.1) is 23.5 Å². The van der Waals surface area contributed by atoms with E-state index in [1.807, 2.05) is 48.9 Å². The van der Waals surface area contributed by atoms with Crippen molar-refractivity contribution in [1.29, 1.82) is 0 Å². The monoisotopic (exact) mass is 437 g/mol. The van der Waals surface area contributed by atoms with Gasteiger partial charge in [0.15, 0.2) is 0 Å². The van der Waals surface area contributed by atoms with Crippen molar-refractivity contribution in [2.45, 2.75) is 6.92 Å². The molecule has 33 heavy (non-hydrogen) atoms. The van der Waals surface area contributed by atoms with Crippen molar-refractivity contribution in [3.05, 3.63) is 72.4 Å². The number of nitrogens with zero attached hydrogens (tertiary/aromatic N) is 3. The molecular weight excluding hydrogens is 410 g/mol. The third-order valence-electron chi connectivity index (χ3n) is 6.08. The number of rotatable bonds is 3. The fraction of sp³-hybridized carbons (Fsp3) is 0.115. The van der Waals surface area contributed by atoms with Crippen molar-refractivity contribution in [3.63, 3.8) is 0 Å². The van der Waals surface area contributed by atoms with Crippen LogP contribution < -0.4 is 31.7 Å². The second-order valence-corrected chi connectivity index (χ2v) is 8.39. The topological polar surface area (TPSA) is 111 Å². The maximum atomic E-state index is 6.14. The molecule has 7 heteroatoms. The number of nitrogen functional groups attached to an aromatic ring is 3. The number of nitrogens with one attached hydrogen (secondary N) is 1. The van der Waals surface area contributed by atoms with E-state index in [1.165, 1.54) is 0 Å². The molecule has 2 aromatic heterocycles. The largest absolute Gasteiger partial charge is 0.399 e. The van der Waals surface area contributed by atoms with Gasteiger partial charge in [0.25, 0.3) is 0 Å². The van der Waals surface area contributed by atoms with E-state index in [4.69, 9.17) is 17.2 Å². The van der Waals surface area contributed by atoms with Gasteiger partial charge in [-0.2, -0.15) is 4.57 Å². The molecule has 3 aromatic carbocycles. The van der Waals surface area contributed by atoms with Crippen molar-refractivity contribution in [2.75, 3.05) is 22.5 Å². The van der Waals surface area contributed by atoms with Crippen LogP contribution in [-0.4, -0.2) is 4.98 Å². The molecule has 0 aliphatic heterocycles. The number of benzene rings is 3. The summed E-state index contributed by atoms with van der Waals surface area (Å²) < 4.78 is 4.03. The van der Waals surface area contributed by atoms with Gasteiger partial charge in [0, 0.05) is 34.5 Å². The quantitative estimate of drug-likeness (QED) is 0.196. The molecule has 0 aliphatic carbocycles. The van der Waals surface area contributed by atoms with Crippen LogP contribution in [0.1, 0.15) is 5.69 Å². The molecule has 0 bridgehead atoms. The van der Waals surface area contributed by atoms with E-state index in [0.717, 1.165) is 61.5 Å². The van der Waals surface area contributed by atoms with Crippen LogP contribution in [0.3, 0.4) is 0 Å². The second-order valence-electron chi connectivity index (χ2n) is 8.39. The highest BCUT2D eigenvalue weighted by molar-refractivity contribution is 6.10. The number of aromatic nitrogens is 3. The summed E-state index contributed by atoms with van der Waals surface area (Å²) in [5.41, 5.74) is 24.7. The minimum absolute atomic E-state index is 0.454. The molecule has 5 rings (SSSR count). The summed E-state index contributed by atoms with van der Waals surface area (Å²) in [5.74, 6) is 1.32. The molecular formula is C26H27N7+2. The van der Waals surface area contributed by atoms with Gasteiger partial charge in [0.1, 0.15) is 12.7 Å². The highest BCUT2D eigenvalue weighted by Gasteiger charge is 2.22. The van der Waals surface area contributed by atoms with Crippen LogP contribution in [0.25, 0.3) is 32.9 Å². The lowest BCUT2D eigenvalue weighted by atomic mass is 9.98. The van der Waals surface area contributed by atoms with Crippen molar-refractivity contribution in [2.24, 2.45) is 14.1 Å². The summed E-state index contributed by atoms with van der Waals surface area (Å²) in [6.45, 7) is 1.93. The molecule has 7 N–H and O–H groups in total. The summed E-state index contributed by atoms with van der Waals surface area (Å²) >= 11 is 0. The molecule has 2 heterocycles. The minimum Gasteiger partial charge on any atom is -0.399 e. The SMILES string of the molecule is Cc1cc(Nc2ccc3c(c2)c(-c2ccc(N)cc2)[n+](C)c2cc(N)ccc32)[n+](C)c(N)n1. The van der Waals surface area contributed by atoms with E-state index in [0.29, 0.717) is 5.95 Å². The number of nitrogens with two attached hydrogens (primary N) is 3. The predicted molar refractivity (Wildman–Crippen MR) is 135 cm³/mol. The van der Waals surface area contributed by atoms with Crippen molar-refractivity contribution < 1.29 is 9.13 Å². The Morgan fingerprint density at radius 1 is 0.727 bits per heavy atom. The van der Waals surface area contributed by atoms with Crippen LogP contribution in [0, 0.1) is 6.92 Å². The van der Waals surface area contributed by atoms with E-state index >= 15 is 0 Å². The van der Waals surface area contributed by atoms with Gasteiger partial charge in [-0.05, 0) is 55.5 Å². The Balaban J connectivity index is 1.78. The van der Waals surface area contributed by atoms with E-state index in [-0.39, 0.29) is 0 Å². The molecule has 0 fully saturated rings. The maximum Gasteiger partial charge on any atom is 0.344 e. The number of fused-ring (bicyclic) bond motifs is 3. The zero-order valence-electron chi connectivity index (χ0n) is 18.9. The fourth-order valence-electron chi connectivity index (χ4n) is 4.37. The number of hydrogen-bond acceptors (Lipinski definition) is 5. The first-order valence-corrected chi connectivity index (χ1v) is 10.7. The van der Waals surface area contributed by atoms with Crippen LogP contribution >= 0.6 is 0 Å². The standard InChI is InChI=1S/C26H25N7/c1-15-12-24(33(3)26(29)30-15)31-19-9-11-20-21-10-8-18(28)13-23(21)32(2)25(22(20)14-19)16-4-6-17(27)7-5-16/h4-14H,1-3H3,(H5,27,28,29,30,31)/p+2. The van der Waals surface area contributed by atoms with Gasteiger partial charge in [-0.1, -0.05) is 6.07 Å². The van der Waals surface area contributed by atoms with Crippen molar-refractivity contribution in [3.8, 4) is 11.3 Å². The Morgan fingerprint density at radius 2 is 1.42 bits per heavy atom. The van der Waals surface area contributed by atoms with Gasteiger partial charge in [-0.15, -0.1) is 4.98 Å². The molecule has 7 nitrogen and oxygen atoms in total. The molecule has 0 radical (unpaired) electrons. The smallest absolute Gasteiger partial charge is 0.344 e. The first-order chi connectivity index (χ1) is 15.8. The van der Waals surface area contributed by atoms with E-state index in [2.05, 4.69) is 58.3 Å². The first-order valence-electron chi connectivity index (χ1n) is 10.7. The average Bonchev–Trinajstić information content (AvgIpc) is 2.78. The summed E-state index contributed by atoms with van der Waals surface area (Å²) in [6, 6.07) is 22.4. The minimum atomic E-state index is 0.454. The zero-order chi connectivity index (χ0) is 23.3. The number of hydrogen-bond donors (Lipinski definition) is 4. The molecule has 0 unspecified atom stereocenters. The summed E-state index contributed by atoms with van der Waals surface area (Å²) in [4.78, 5) is 4.32. The first kappa shape index (κ1) is 20.5. The number of anilines is 5. The van der Waals surface area contributed by atoms with Gasteiger partial charge < -0.3 is 17.2 Å². The molecule has 0 amide bonds. The van der Waals surface area contributed by atoms with Gasteiger partial charge in [-0.25, -0.2) is 4.57 Å². The molecule has 0 saturated carbocycles. The van der Waals surface area contributed by atoms with Gasteiger partial charge in [0.2, 0.25) is 17.0 Å². The second kappa shape index (κ2) is 7.63. The molecule has 0 saturated heterocycles. The predicted octanol–water partition coefficient (Wildman–Crippen LogP) is 3.50. The molecule has 0 atom stereocenters. The summed E-state index contributed by atoms with van der Waals surface area (Å²) in [7, 11) is 3.96. The highest BCUT2D eigenvalue weighted by Crippen LogP contribution is 2.34. The van der Waals surface area contributed by atoms with Crippen molar-refractivity contribution in [1.82, 2.24) is 4.98 Å². The van der Waals surface area contributed by atoms with E-state index in [9.17, 15) is 0 Å². The Kier molecular flexibility index (Phi) is 4.74. The van der Waals surface area contributed by atoms with Crippen LogP contribution in [0.2, 0.25) is 0 Å². The lowest BCUT2D eigenvalue weighted by molar-refractivity contribution is -0.644. The lowest BCUT2D eigenvalue weighted by Gasteiger charge is -2.12. The Hall–Kier alpha value is -4.39. The van der Waals surface area contributed by atoms with Crippen LogP contribution in [0.15, 0.2) is 66.7 Å². The summed E-state index contributed by atoms with van der Waals surface area (Å²) in [5, 5.41) is 6.91. The summed E-state index contributed by atoms with van der Waals surface area (Å²) in [6.07, 6.45) is 0. The lowest BCUT2D eigenvalue weighted by Crippen LogP contribution is -2.36. The molecule has 0 spiro atoms. The molecule has 164 valence electrons. The van der Waals surface area contributed by atoms with Crippen LogP contribution in [0.4, 0.5) is 28.8 Å². The highest BCUT2D eigenvalue weighted by atomic mass is 15.2. The third kappa shape index (κ3) is 3.53. The average molecular weight is 438 g/mol. The van der Waals surface area contributed by atoms with Crippen LogP contribution in [-0.2, 0) is 14.1 Å².